The fourth-order valence-electron chi connectivity index (χ4n) is 1.81. The molecule has 0 heterocycles. The second kappa shape index (κ2) is 7.55. The second-order valence-corrected chi connectivity index (χ2v) is 5.46. The molecule has 8 nitrogen and oxygen atoms in total. The Kier molecular flexibility index (Phi) is 5.48. The molecule has 2 aromatic carbocycles. The molecule has 24 heavy (non-hydrogen) atoms. The van der Waals surface area contributed by atoms with Crippen LogP contribution in [0.3, 0.4) is 0 Å². The van der Waals surface area contributed by atoms with Gasteiger partial charge in [-0.25, -0.2) is 5.43 Å². The van der Waals surface area contributed by atoms with Gasteiger partial charge in [0.05, 0.1) is 18.2 Å². The molecule has 0 fully saturated rings. The molecule has 0 bridgehead atoms. The molecule has 0 unspecified atom stereocenters. The number of carbonyl (C=O) groups is 1. The van der Waals surface area contributed by atoms with E-state index in [9.17, 15) is 20.0 Å². The summed E-state index contributed by atoms with van der Waals surface area (Å²) in [5.74, 6) is -0.398. The molecule has 0 aromatic heterocycles. The lowest BCUT2D eigenvalue weighted by atomic mass is 10.2. The van der Waals surface area contributed by atoms with Crippen LogP contribution in [0.15, 0.2) is 46.0 Å². The zero-order chi connectivity index (χ0) is 17.7. The first kappa shape index (κ1) is 17.4. The van der Waals surface area contributed by atoms with Crippen LogP contribution in [0.25, 0.3) is 0 Å². The highest BCUT2D eigenvalue weighted by atomic mass is 79.9. The quantitative estimate of drug-likeness (QED) is 0.460. The fraction of sp³-hybridized carbons (Fsp3) is 0.0667. The molecule has 0 saturated carbocycles. The zero-order valence-corrected chi connectivity index (χ0v) is 14.0. The van der Waals surface area contributed by atoms with Crippen LogP contribution in [0.4, 0.5) is 5.69 Å². The van der Waals surface area contributed by atoms with Gasteiger partial charge in [-0.15, -0.1) is 0 Å². The molecule has 0 atom stereocenters. The standard InChI is InChI=1S/C15H12BrN3O5/c1-24-12-4-2-9(3-5-12)15(21)18-17-8-10-6-11(16)7-13(14(10)20)19(22)23/h2-8,20H,1H3,(H,18,21)/b17-8+. The number of nitrogens with zero attached hydrogens (tertiary/aromatic N) is 2. The van der Waals surface area contributed by atoms with Gasteiger partial charge >= 0.3 is 5.69 Å². The minimum atomic E-state index is -0.715. The number of nitro groups is 1. The number of amides is 1. The highest BCUT2D eigenvalue weighted by Crippen LogP contribution is 2.32. The molecule has 2 N–H and O–H groups in total. The summed E-state index contributed by atoms with van der Waals surface area (Å²) in [5, 5.41) is 24.4. The maximum absolute atomic E-state index is 11.9. The zero-order valence-electron chi connectivity index (χ0n) is 12.4. The van der Waals surface area contributed by atoms with Crippen LogP contribution in [-0.2, 0) is 0 Å². The minimum Gasteiger partial charge on any atom is -0.502 e. The summed E-state index contributed by atoms with van der Waals surface area (Å²) in [7, 11) is 1.52. The Morgan fingerprint density at radius 3 is 2.62 bits per heavy atom. The largest absolute Gasteiger partial charge is 0.502 e. The van der Waals surface area contributed by atoms with Crippen molar-refractivity contribution in [2.45, 2.75) is 0 Å². The number of phenolic OH excluding ortho intramolecular Hbond substituents is 1. The van der Waals surface area contributed by atoms with E-state index in [-0.39, 0.29) is 5.56 Å². The molecule has 124 valence electrons. The number of methoxy groups -OCH3 is 1. The average Bonchev–Trinajstić information content (AvgIpc) is 2.57. The van der Waals surface area contributed by atoms with Crippen molar-refractivity contribution >= 4 is 33.7 Å². The van der Waals surface area contributed by atoms with Gasteiger partial charge in [-0.2, -0.15) is 5.10 Å². The van der Waals surface area contributed by atoms with E-state index in [0.29, 0.717) is 15.8 Å². The Morgan fingerprint density at radius 1 is 1.38 bits per heavy atom. The van der Waals surface area contributed by atoms with Crippen LogP contribution in [0.2, 0.25) is 0 Å². The molecular weight excluding hydrogens is 382 g/mol. The first-order valence-corrected chi connectivity index (χ1v) is 7.36. The normalized spacial score (nSPS) is 10.6. The molecule has 9 heteroatoms. The lowest BCUT2D eigenvalue weighted by molar-refractivity contribution is -0.385. The summed E-state index contributed by atoms with van der Waals surface area (Å²) in [4.78, 5) is 22.0. The highest BCUT2D eigenvalue weighted by molar-refractivity contribution is 9.10. The van der Waals surface area contributed by atoms with E-state index in [0.717, 1.165) is 6.21 Å². The SMILES string of the molecule is COc1ccc(C(=O)N/N=C/c2cc(Br)cc([N+](=O)[O-])c2O)cc1. The van der Waals surface area contributed by atoms with Gasteiger partial charge in [-0.05, 0) is 30.3 Å². The predicted octanol–water partition coefficient (Wildman–Crippen LogP) is 2.84. The van der Waals surface area contributed by atoms with Crippen molar-refractivity contribution < 1.29 is 19.6 Å². The number of hydrazone groups is 1. The summed E-state index contributed by atoms with van der Waals surface area (Å²) >= 11 is 3.11. The summed E-state index contributed by atoms with van der Waals surface area (Å²) in [6, 6.07) is 8.98. The molecule has 1 amide bonds. The molecule has 0 spiro atoms. The number of benzene rings is 2. The number of carbonyl (C=O) groups excluding carboxylic acids is 1. The van der Waals surface area contributed by atoms with E-state index in [1.165, 1.54) is 19.2 Å². The van der Waals surface area contributed by atoms with Gasteiger partial charge in [-0.1, -0.05) is 15.9 Å². The Hall–Kier alpha value is -2.94. The van der Waals surface area contributed by atoms with Crippen molar-refractivity contribution in [1.29, 1.82) is 0 Å². The number of nitro benzene ring substituents is 1. The van der Waals surface area contributed by atoms with E-state index in [2.05, 4.69) is 26.5 Å². The third kappa shape index (κ3) is 4.07. The van der Waals surface area contributed by atoms with Gasteiger partial charge in [0.1, 0.15) is 5.75 Å². The number of nitrogens with one attached hydrogen (secondary N) is 1. The van der Waals surface area contributed by atoms with Crippen LogP contribution in [0.5, 0.6) is 11.5 Å². The Bertz CT molecular complexity index is 806. The third-order valence-electron chi connectivity index (χ3n) is 3.00. The smallest absolute Gasteiger partial charge is 0.312 e. The number of hydrogen-bond donors (Lipinski definition) is 2. The number of ether oxygens (including phenoxy) is 1. The van der Waals surface area contributed by atoms with Gasteiger partial charge in [0.2, 0.25) is 5.75 Å². The summed E-state index contributed by atoms with van der Waals surface area (Å²) in [6.07, 6.45) is 1.12. The van der Waals surface area contributed by atoms with Crippen molar-refractivity contribution in [3.63, 3.8) is 0 Å². The van der Waals surface area contributed by atoms with Crippen molar-refractivity contribution in [3.05, 3.63) is 62.1 Å². The lowest BCUT2D eigenvalue weighted by Crippen LogP contribution is -2.17. The van der Waals surface area contributed by atoms with Crippen molar-refractivity contribution in [2.24, 2.45) is 5.10 Å². The van der Waals surface area contributed by atoms with Crippen LogP contribution in [0.1, 0.15) is 15.9 Å². The first-order chi connectivity index (χ1) is 11.4. The average molecular weight is 394 g/mol. The van der Waals surface area contributed by atoms with Crippen molar-refractivity contribution in [1.82, 2.24) is 5.43 Å². The molecule has 0 aliphatic rings. The summed E-state index contributed by atoms with van der Waals surface area (Å²) < 4.78 is 5.39. The Morgan fingerprint density at radius 2 is 2.04 bits per heavy atom. The van der Waals surface area contributed by atoms with E-state index in [1.807, 2.05) is 0 Å². The van der Waals surface area contributed by atoms with Gasteiger partial charge in [0.15, 0.2) is 0 Å². The monoisotopic (exact) mass is 393 g/mol. The predicted molar refractivity (Wildman–Crippen MR) is 90.5 cm³/mol. The number of rotatable bonds is 5. The van der Waals surface area contributed by atoms with Crippen LogP contribution < -0.4 is 10.2 Å². The second-order valence-electron chi connectivity index (χ2n) is 4.55. The Labute approximate surface area is 145 Å². The Balaban J connectivity index is 2.13. The first-order valence-electron chi connectivity index (χ1n) is 6.56. The highest BCUT2D eigenvalue weighted by Gasteiger charge is 2.17. The van der Waals surface area contributed by atoms with E-state index < -0.39 is 22.3 Å². The number of phenols is 1. The van der Waals surface area contributed by atoms with Crippen LogP contribution in [-0.4, -0.2) is 29.3 Å². The van der Waals surface area contributed by atoms with E-state index in [4.69, 9.17) is 4.74 Å². The van der Waals surface area contributed by atoms with E-state index >= 15 is 0 Å². The molecule has 0 saturated heterocycles. The van der Waals surface area contributed by atoms with Crippen molar-refractivity contribution in [3.8, 4) is 11.5 Å². The number of hydrogen-bond acceptors (Lipinski definition) is 6. The van der Waals surface area contributed by atoms with E-state index in [1.54, 1.807) is 24.3 Å². The lowest BCUT2D eigenvalue weighted by Gasteiger charge is -2.03. The van der Waals surface area contributed by atoms with Gasteiger partial charge in [0.25, 0.3) is 5.91 Å². The number of halogens is 1. The maximum Gasteiger partial charge on any atom is 0.312 e. The molecule has 0 aliphatic carbocycles. The maximum atomic E-state index is 11.9. The minimum absolute atomic E-state index is 0.0890. The molecular formula is C15H12BrN3O5. The van der Waals surface area contributed by atoms with Gasteiger partial charge in [-0.3, -0.25) is 14.9 Å². The van der Waals surface area contributed by atoms with Crippen LogP contribution >= 0.6 is 15.9 Å². The molecule has 0 aliphatic heterocycles. The molecule has 2 aromatic rings. The topological polar surface area (TPSA) is 114 Å². The van der Waals surface area contributed by atoms with Crippen molar-refractivity contribution in [2.75, 3.05) is 7.11 Å². The molecule has 0 radical (unpaired) electrons. The van der Waals surface area contributed by atoms with Gasteiger partial charge in [0, 0.05) is 21.7 Å². The summed E-state index contributed by atoms with van der Waals surface area (Å²) in [6.45, 7) is 0. The molecule has 2 rings (SSSR count). The van der Waals surface area contributed by atoms with Gasteiger partial charge < -0.3 is 9.84 Å². The van der Waals surface area contributed by atoms with Crippen LogP contribution in [0, 0.1) is 10.1 Å². The third-order valence-corrected chi connectivity index (χ3v) is 3.46. The number of aromatic hydroxyl groups is 1. The summed E-state index contributed by atoms with van der Waals surface area (Å²) in [5.41, 5.74) is 2.26. The fourth-order valence-corrected chi connectivity index (χ4v) is 2.27.